The van der Waals surface area contributed by atoms with Gasteiger partial charge in [-0.3, -0.25) is 4.84 Å². The van der Waals surface area contributed by atoms with Crippen molar-refractivity contribution in [1.29, 1.82) is 0 Å². The molecule has 0 saturated carbocycles. The molecule has 0 aromatic carbocycles. The van der Waals surface area contributed by atoms with Crippen LogP contribution in [0.15, 0.2) is 0 Å². The molecule has 0 aliphatic rings. The van der Waals surface area contributed by atoms with Crippen LogP contribution in [0.1, 0.15) is 13.3 Å². The van der Waals surface area contributed by atoms with Gasteiger partial charge in [0.1, 0.15) is 0 Å². The molecule has 0 atom stereocenters. The Labute approximate surface area is 87.7 Å². The third-order valence-corrected chi connectivity index (χ3v) is 1.32. The molecule has 0 bridgehead atoms. The molecule has 0 rings (SSSR count). The lowest BCUT2D eigenvalue weighted by molar-refractivity contribution is -0.144. The number of hydroxylamine groups is 1. The Bertz CT molecular complexity index is 197. The average Bonchev–Trinajstić information content (AvgIpc) is 2.17. The van der Waals surface area contributed by atoms with Gasteiger partial charge in [-0.25, -0.2) is 15.1 Å². The standard InChI is InChI=1S/C8H16N2O5/c1-2-14-5-3-4-9-8(13)10-15-6-7(11)12/h2-6H2,1H3,(H,11,12)(H2,9,10,13). The first kappa shape index (κ1) is 13.7. The van der Waals surface area contributed by atoms with Crippen LogP contribution in [-0.4, -0.2) is 43.5 Å². The summed E-state index contributed by atoms with van der Waals surface area (Å²) in [5.41, 5.74) is 1.93. The number of nitrogens with one attached hydrogen (secondary N) is 2. The van der Waals surface area contributed by atoms with E-state index in [1.807, 2.05) is 12.4 Å². The first-order chi connectivity index (χ1) is 7.16. The minimum Gasteiger partial charge on any atom is -0.479 e. The second kappa shape index (κ2) is 9.22. The predicted octanol–water partition coefficient (Wildman–Crippen LogP) is -0.272. The Balaban J connectivity index is 3.22. The number of carbonyl (C=O) groups is 2. The van der Waals surface area contributed by atoms with Crippen molar-refractivity contribution in [3.8, 4) is 0 Å². The fraction of sp³-hybridized carbons (Fsp3) is 0.750. The van der Waals surface area contributed by atoms with Crippen LogP contribution in [0.3, 0.4) is 0 Å². The van der Waals surface area contributed by atoms with E-state index in [2.05, 4.69) is 10.2 Å². The lowest BCUT2D eigenvalue weighted by Crippen LogP contribution is -2.37. The number of rotatable bonds is 8. The topological polar surface area (TPSA) is 96.9 Å². The lowest BCUT2D eigenvalue weighted by Gasteiger charge is -2.06. The molecule has 0 aromatic heterocycles. The zero-order valence-electron chi connectivity index (χ0n) is 8.62. The molecular formula is C8H16N2O5. The van der Waals surface area contributed by atoms with Gasteiger partial charge in [-0.1, -0.05) is 0 Å². The van der Waals surface area contributed by atoms with Crippen molar-refractivity contribution in [3.63, 3.8) is 0 Å². The van der Waals surface area contributed by atoms with Gasteiger partial charge in [-0.15, -0.1) is 0 Å². The predicted molar refractivity (Wildman–Crippen MR) is 51.2 cm³/mol. The van der Waals surface area contributed by atoms with Crippen molar-refractivity contribution in [2.75, 3.05) is 26.4 Å². The van der Waals surface area contributed by atoms with Gasteiger partial charge in [0.2, 0.25) is 0 Å². The summed E-state index contributed by atoms with van der Waals surface area (Å²) in [6.45, 7) is 3.00. The second-order valence-corrected chi connectivity index (χ2v) is 2.59. The van der Waals surface area contributed by atoms with E-state index >= 15 is 0 Å². The SMILES string of the molecule is CCOCCCNC(=O)NOCC(=O)O. The number of carbonyl (C=O) groups excluding carboxylic acids is 1. The van der Waals surface area contributed by atoms with Gasteiger partial charge in [0.25, 0.3) is 0 Å². The van der Waals surface area contributed by atoms with E-state index in [1.165, 1.54) is 0 Å². The summed E-state index contributed by atoms with van der Waals surface area (Å²) in [6, 6.07) is -0.562. The van der Waals surface area contributed by atoms with Crippen LogP contribution in [0.25, 0.3) is 0 Å². The average molecular weight is 220 g/mol. The monoisotopic (exact) mass is 220 g/mol. The molecular weight excluding hydrogens is 204 g/mol. The van der Waals surface area contributed by atoms with Gasteiger partial charge in [0.05, 0.1) is 0 Å². The first-order valence-corrected chi connectivity index (χ1v) is 4.62. The Morgan fingerprint density at radius 2 is 2.13 bits per heavy atom. The Morgan fingerprint density at radius 3 is 2.73 bits per heavy atom. The van der Waals surface area contributed by atoms with Crippen LogP contribution in [0.4, 0.5) is 4.79 Å². The van der Waals surface area contributed by atoms with Crippen molar-refractivity contribution in [3.05, 3.63) is 0 Å². The highest BCUT2D eigenvalue weighted by atomic mass is 16.7. The summed E-state index contributed by atoms with van der Waals surface area (Å²) in [6.07, 6.45) is 0.695. The molecule has 0 saturated heterocycles. The molecule has 0 aliphatic heterocycles. The van der Waals surface area contributed by atoms with Gasteiger partial charge in [-0.05, 0) is 13.3 Å². The fourth-order valence-electron chi connectivity index (χ4n) is 0.720. The normalized spacial score (nSPS) is 9.67. The third kappa shape index (κ3) is 10.6. The quantitative estimate of drug-likeness (QED) is 0.386. The van der Waals surface area contributed by atoms with Gasteiger partial charge >= 0.3 is 12.0 Å². The highest BCUT2D eigenvalue weighted by molar-refractivity contribution is 5.73. The van der Waals surface area contributed by atoms with Crippen LogP contribution >= 0.6 is 0 Å². The number of carboxylic acids is 1. The van der Waals surface area contributed by atoms with Gasteiger partial charge in [0.15, 0.2) is 6.61 Å². The molecule has 15 heavy (non-hydrogen) atoms. The zero-order chi connectivity index (χ0) is 11.5. The van der Waals surface area contributed by atoms with Crippen LogP contribution in [0, 0.1) is 0 Å². The number of urea groups is 1. The van der Waals surface area contributed by atoms with Crippen molar-refractivity contribution in [2.24, 2.45) is 0 Å². The van der Waals surface area contributed by atoms with Crippen LogP contribution in [0.2, 0.25) is 0 Å². The third-order valence-electron chi connectivity index (χ3n) is 1.32. The number of hydrogen-bond acceptors (Lipinski definition) is 4. The molecule has 7 nitrogen and oxygen atoms in total. The van der Waals surface area contributed by atoms with Crippen molar-refractivity contribution < 1.29 is 24.3 Å². The largest absolute Gasteiger partial charge is 0.479 e. The molecule has 88 valence electrons. The number of amides is 2. The van der Waals surface area contributed by atoms with Crippen LogP contribution in [0.5, 0.6) is 0 Å². The van der Waals surface area contributed by atoms with E-state index in [9.17, 15) is 9.59 Å². The van der Waals surface area contributed by atoms with E-state index < -0.39 is 18.6 Å². The summed E-state index contributed by atoms with van der Waals surface area (Å²) >= 11 is 0. The summed E-state index contributed by atoms with van der Waals surface area (Å²) in [5, 5.41) is 10.7. The van der Waals surface area contributed by atoms with Crippen molar-refractivity contribution >= 4 is 12.0 Å². The molecule has 0 spiro atoms. The summed E-state index contributed by atoms with van der Waals surface area (Å²) < 4.78 is 5.05. The molecule has 0 fully saturated rings. The Hall–Kier alpha value is -1.34. The number of carboxylic acid groups (broad SMARTS) is 1. The molecule has 7 heteroatoms. The minimum atomic E-state index is -1.15. The molecule has 0 aliphatic carbocycles. The van der Waals surface area contributed by atoms with Gasteiger partial charge in [-0.2, -0.15) is 0 Å². The Morgan fingerprint density at radius 1 is 1.40 bits per heavy atom. The van der Waals surface area contributed by atoms with E-state index in [0.29, 0.717) is 26.2 Å². The van der Waals surface area contributed by atoms with Crippen molar-refractivity contribution in [1.82, 2.24) is 10.8 Å². The zero-order valence-corrected chi connectivity index (χ0v) is 8.62. The maximum absolute atomic E-state index is 10.9. The molecule has 0 heterocycles. The fourth-order valence-corrected chi connectivity index (χ4v) is 0.720. The number of aliphatic carboxylic acids is 1. The summed E-state index contributed by atoms with van der Waals surface area (Å²) in [7, 11) is 0. The maximum atomic E-state index is 10.9. The molecule has 0 aromatic rings. The number of hydrogen-bond donors (Lipinski definition) is 3. The molecule has 3 N–H and O–H groups in total. The van der Waals surface area contributed by atoms with Crippen molar-refractivity contribution in [2.45, 2.75) is 13.3 Å². The van der Waals surface area contributed by atoms with E-state index in [1.54, 1.807) is 0 Å². The highest BCUT2D eigenvalue weighted by Crippen LogP contribution is 1.80. The maximum Gasteiger partial charge on any atom is 0.338 e. The highest BCUT2D eigenvalue weighted by Gasteiger charge is 2.01. The summed E-state index contributed by atoms with van der Waals surface area (Å²) in [4.78, 5) is 25.2. The van der Waals surface area contributed by atoms with Crippen LogP contribution in [-0.2, 0) is 14.4 Å². The minimum absolute atomic E-state index is 0.447. The van der Waals surface area contributed by atoms with E-state index in [0.717, 1.165) is 0 Å². The smallest absolute Gasteiger partial charge is 0.338 e. The Kier molecular flexibility index (Phi) is 8.40. The van der Waals surface area contributed by atoms with E-state index in [4.69, 9.17) is 9.84 Å². The van der Waals surface area contributed by atoms with Gasteiger partial charge in [0, 0.05) is 19.8 Å². The first-order valence-electron chi connectivity index (χ1n) is 4.62. The second-order valence-electron chi connectivity index (χ2n) is 2.59. The number of ether oxygens (including phenoxy) is 1. The molecule has 2 amide bonds. The van der Waals surface area contributed by atoms with E-state index in [-0.39, 0.29) is 0 Å². The van der Waals surface area contributed by atoms with Gasteiger partial charge < -0.3 is 15.2 Å². The van der Waals surface area contributed by atoms with Crippen LogP contribution < -0.4 is 10.8 Å². The molecule has 0 radical (unpaired) electrons. The lowest BCUT2D eigenvalue weighted by atomic mass is 10.4. The molecule has 0 unspecified atom stereocenters. The summed E-state index contributed by atoms with van der Waals surface area (Å²) in [5.74, 6) is -1.15.